The molecule has 4 aromatic carbocycles. The lowest BCUT2D eigenvalue weighted by Gasteiger charge is -2.13. The van der Waals surface area contributed by atoms with Crippen molar-refractivity contribution >= 4 is 12.6 Å². The van der Waals surface area contributed by atoms with Gasteiger partial charge in [-0.2, -0.15) is 4.57 Å². The average Bonchev–Trinajstić information content (AvgIpc) is 2.94. The van der Waals surface area contributed by atoms with Crippen molar-refractivity contribution in [2.24, 2.45) is 0 Å². The maximum absolute atomic E-state index is 7.13. The minimum Gasteiger partial charge on any atom is -0.696 e. The van der Waals surface area contributed by atoms with Crippen LogP contribution in [-0.4, -0.2) is 0 Å². The molecule has 0 unspecified atom stereocenters. The molecule has 1 heterocycles. The normalized spacial score (nSPS) is 10.0. The van der Waals surface area contributed by atoms with E-state index in [1.54, 1.807) is 0 Å². The zero-order valence-electron chi connectivity index (χ0n) is 19.4. The van der Waals surface area contributed by atoms with Crippen LogP contribution in [0.5, 0.6) is 0 Å². The van der Waals surface area contributed by atoms with E-state index < -0.39 is 0 Å². The number of hydrogen-bond donors (Lipinski definition) is 0. The Kier molecular flexibility index (Phi) is 8.37. The lowest BCUT2D eigenvalue weighted by atomic mass is 9.98. The Labute approximate surface area is 213 Å². The molecule has 0 aliphatic carbocycles. The van der Waals surface area contributed by atoms with Crippen LogP contribution >= 0.6 is 0 Å². The van der Waals surface area contributed by atoms with Gasteiger partial charge in [-0.1, -0.05) is 102 Å². The number of hydrogen-bond acceptors (Lipinski definition) is 2. The summed E-state index contributed by atoms with van der Waals surface area (Å²) in [7, 11) is 0. The topological polar surface area (TPSA) is 27.7 Å². The summed E-state index contributed by atoms with van der Waals surface area (Å²) in [5, 5.41) is 8.47. The quantitative estimate of drug-likeness (QED) is 0.149. The molecule has 170 valence electrons. The van der Waals surface area contributed by atoms with Gasteiger partial charge in [-0.15, -0.1) is 0 Å². The van der Waals surface area contributed by atoms with Crippen LogP contribution in [0.15, 0.2) is 133 Å². The smallest absolute Gasteiger partial charge is 0.213 e. The molecule has 0 bridgehead atoms. The van der Waals surface area contributed by atoms with Crippen LogP contribution in [0.1, 0.15) is 5.56 Å². The Morgan fingerprint density at radius 3 is 1.34 bits per heavy atom. The summed E-state index contributed by atoms with van der Waals surface area (Å²) in [6.07, 6.45) is 0.982. The van der Waals surface area contributed by atoms with Crippen LogP contribution in [0.2, 0.25) is 0 Å². The van der Waals surface area contributed by atoms with Crippen molar-refractivity contribution in [1.82, 2.24) is 0 Å². The molecule has 0 aliphatic rings. The summed E-state index contributed by atoms with van der Waals surface area (Å²) in [4.78, 5) is 0. The summed E-state index contributed by atoms with van der Waals surface area (Å²) in [6.45, 7) is 0.910. The van der Waals surface area contributed by atoms with Crippen molar-refractivity contribution in [3.63, 3.8) is 0 Å². The third-order valence-corrected chi connectivity index (χ3v) is 5.88. The van der Waals surface area contributed by atoms with Gasteiger partial charge in [0.05, 0.1) is 0 Å². The SMILES string of the molecule is N#C[S-].c1ccc(CC[n+]2c(-c3ccccc3)cc(-c3ccccc3)cc2-c2ccccc2)cc1. The zero-order valence-corrected chi connectivity index (χ0v) is 20.2. The van der Waals surface area contributed by atoms with Crippen LogP contribution in [0.3, 0.4) is 0 Å². The monoisotopic (exact) mass is 470 g/mol. The lowest BCUT2D eigenvalue weighted by Crippen LogP contribution is -2.40. The number of nitrogens with zero attached hydrogens (tertiary/aromatic N) is 2. The Morgan fingerprint density at radius 1 is 0.543 bits per heavy atom. The number of thiocyanates is 1. The summed E-state index contributed by atoms with van der Waals surface area (Å²) in [6, 6.07) is 47.5. The molecular weight excluding hydrogens is 444 g/mol. The van der Waals surface area contributed by atoms with E-state index in [1.165, 1.54) is 44.6 Å². The molecule has 5 rings (SSSR count). The van der Waals surface area contributed by atoms with Crippen LogP contribution < -0.4 is 4.57 Å². The molecule has 0 N–H and O–H groups in total. The van der Waals surface area contributed by atoms with E-state index in [0.29, 0.717) is 0 Å². The van der Waals surface area contributed by atoms with E-state index in [2.05, 4.69) is 151 Å². The van der Waals surface area contributed by atoms with Gasteiger partial charge in [-0.25, -0.2) is 5.26 Å². The van der Waals surface area contributed by atoms with Crippen LogP contribution in [0.25, 0.3) is 33.6 Å². The highest BCUT2D eigenvalue weighted by Gasteiger charge is 2.22. The first-order chi connectivity index (χ1) is 17.3. The Balaban J connectivity index is 0.000000917. The van der Waals surface area contributed by atoms with Crippen LogP contribution in [0.4, 0.5) is 0 Å². The van der Waals surface area contributed by atoms with E-state index in [1.807, 2.05) is 0 Å². The minimum atomic E-state index is 0.910. The fraction of sp³-hybridized carbons (Fsp3) is 0.0625. The minimum absolute atomic E-state index is 0.910. The van der Waals surface area contributed by atoms with E-state index in [9.17, 15) is 0 Å². The molecule has 0 saturated carbocycles. The van der Waals surface area contributed by atoms with E-state index >= 15 is 0 Å². The molecule has 0 radical (unpaired) electrons. The highest BCUT2D eigenvalue weighted by Crippen LogP contribution is 2.29. The molecule has 3 heteroatoms. The highest BCUT2D eigenvalue weighted by molar-refractivity contribution is 7.64. The lowest BCUT2D eigenvalue weighted by molar-refractivity contribution is -0.674. The maximum Gasteiger partial charge on any atom is 0.213 e. The Morgan fingerprint density at radius 2 is 0.914 bits per heavy atom. The molecule has 0 fully saturated rings. The molecule has 0 spiro atoms. The first-order valence-corrected chi connectivity index (χ1v) is 12.0. The van der Waals surface area contributed by atoms with Gasteiger partial charge in [0, 0.05) is 29.7 Å². The van der Waals surface area contributed by atoms with Crippen molar-refractivity contribution < 1.29 is 4.57 Å². The average molecular weight is 471 g/mol. The fourth-order valence-corrected chi connectivity index (χ4v) is 4.24. The van der Waals surface area contributed by atoms with Gasteiger partial charge in [0.2, 0.25) is 11.4 Å². The molecule has 0 amide bonds. The predicted molar refractivity (Wildman–Crippen MR) is 146 cm³/mol. The van der Waals surface area contributed by atoms with Gasteiger partial charge in [0.15, 0.2) is 6.54 Å². The molecule has 0 atom stereocenters. The predicted octanol–water partition coefficient (Wildman–Crippen LogP) is 7.23. The van der Waals surface area contributed by atoms with Gasteiger partial charge >= 0.3 is 0 Å². The second-order valence-corrected chi connectivity index (χ2v) is 8.27. The standard InChI is InChI=1S/C31H26N.CHNS/c1-5-13-25(14-6-1)21-22-32-30(27-17-9-3-10-18-27)23-29(26-15-7-2-8-16-26)24-31(32)28-19-11-4-12-20-28;2-1-3/h1-20,23-24H,21-22H2;3H/q+1;/p-1. The second kappa shape index (κ2) is 12.3. The van der Waals surface area contributed by atoms with Crippen molar-refractivity contribution in [1.29, 1.82) is 5.26 Å². The van der Waals surface area contributed by atoms with Crippen LogP contribution in [0, 0.1) is 10.7 Å². The maximum atomic E-state index is 7.13. The third kappa shape index (κ3) is 6.20. The summed E-state index contributed by atoms with van der Waals surface area (Å²) in [5.41, 5.74) is 8.76. The number of pyridine rings is 1. The Hall–Kier alpha value is -4.26. The van der Waals surface area contributed by atoms with Crippen molar-refractivity contribution in [2.45, 2.75) is 13.0 Å². The number of rotatable bonds is 6. The summed E-state index contributed by atoms with van der Waals surface area (Å²) >= 11 is 3.70. The van der Waals surface area contributed by atoms with Crippen molar-refractivity contribution in [2.75, 3.05) is 0 Å². The first kappa shape index (κ1) is 23.9. The highest BCUT2D eigenvalue weighted by atomic mass is 32.1. The van der Waals surface area contributed by atoms with E-state index in [0.717, 1.165) is 13.0 Å². The molecule has 2 nitrogen and oxygen atoms in total. The first-order valence-electron chi connectivity index (χ1n) is 11.6. The largest absolute Gasteiger partial charge is 0.696 e. The second-order valence-electron chi connectivity index (χ2n) is 8.09. The van der Waals surface area contributed by atoms with Crippen molar-refractivity contribution in [3.05, 3.63) is 139 Å². The van der Waals surface area contributed by atoms with Gasteiger partial charge in [0.25, 0.3) is 0 Å². The fourth-order valence-electron chi connectivity index (χ4n) is 4.24. The van der Waals surface area contributed by atoms with E-state index in [-0.39, 0.29) is 0 Å². The number of nitriles is 1. The van der Waals surface area contributed by atoms with Crippen LogP contribution in [-0.2, 0) is 25.6 Å². The van der Waals surface area contributed by atoms with E-state index in [4.69, 9.17) is 5.26 Å². The molecular formula is C32H26N2S. The molecule has 0 saturated heterocycles. The number of aromatic nitrogens is 1. The summed E-state index contributed by atoms with van der Waals surface area (Å²) in [5.74, 6) is 0. The molecule has 0 aliphatic heterocycles. The third-order valence-electron chi connectivity index (χ3n) is 5.88. The van der Waals surface area contributed by atoms with Gasteiger partial charge in [0.1, 0.15) is 0 Å². The zero-order chi connectivity index (χ0) is 24.3. The number of benzene rings is 4. The van der Waals surface area contributed by atoms with Gasteiger partial charge in [-0.05, 0) is 41.0 Å². The Bertz CT molecular complexity index is 1320. The molecule has 35 heavy (non-hydrogen) atoms. The molecule has 5 aromatic rings. The van der Waals surface area contributed by atoms with Gasteiger partial charge < -0.3 is 12.6 Å². The van der Waals surface area contributed by atoms with Crippen molar-refractivity contribution in [3.8, 4) is 39.0 Å². The van der Waals surface area contributed by atoms with Gasteiger partial charge in [-0.3, -0.25) is 0 Å². The number of aryl methyl sites for hydroxylation is 1. The molecule has 1 aromatic heterocycles. The summed E-state index contributed by atoms with van der Waals surface area (Å²) < 4.78 is 2.48.